The number of methoxy groups -OCH3 is 2. The molecule has 0 saturated heterocycles. The number of benzene rings is 1. The predicted octanol–water partition coefficient (Wildman–Crippen LogP) is 0.00840. The first-order valence-electron chi connectivity index (χ1n) is 7.15. The molecule has 0 unspecified atom stereocenters. The first-order valence-corrected chi connectivity index (χ1v) is 7.15. The number of carbonyl (C=O) groups excluding carboxylic acids is 2. The maximum Gasteiger partial charge on any atom is 0.321 e. The van der Waals surface area contributed by atoms with Gasteiger partial charge in [0, 0.05) is 31.3 Å². The molecular formula is C15H21N3O5. The lowest BCUT2D eigenvalue weighted by Crippen LogP contribution is -2.45. The van der Waals surface area contributed by atoms with Crippen molar-refractivity contribution >= 4 is 11.9 Å². The Bertz CT molecular complexity index is 605. The van der Waals surface area contributed by atoms with E-state index in [9.17, 15) is 14.7 Å². The van der Waals surface area contributed by atoms with Gasteiger partial charge in [-0.1, -0.05) is 0 Å². The van der Waals surface area contributed by atoms with Gasteiger partial charge in [0.2, 0.25) is 5.91 Å². The number of β-amino-alcohol motifs (C(OH)–C–C–N with tert-alkyl or cyclic N) is 1. The Kier molecular flexibility index (Phi) is 5.41. The summed E-state index contributed by atoms with van der Waals surface area (Å²) in [6.45, 7) is 0.663. The Hall–Kier alpha value is -2.32. The van der Waals surface area contributed by atoms with Gasteiger partial charge < -0.3 is 19.9 Å². The number of aliphatic hydroxyl groups excluding tert-OH is 1. The van der Waals surface area contributed by atoms with Crippen molar-refractivity contribution in [3.8, 4) is 11.5 Å². The van der Waals surface area contributed by atoms with E-state index in [0.717, 1.165) is 5.56 Å². The molecule has 2 rings (SSSR count). The number of nitrogens with zero attached hydrogens (tertiary/aromatic N) is 1. The second-order valence-corrected chi connectivity index (χ2v) is 5.18. The third-order valence-corrected chi connectivity index (χ3v) is 3.71. The van der Waals surface area contributed by atoms with Gasteiger partial charge in [-0.2, -0.15) is 0 Å². The second-order valence-electron chi connectivity index (χ2n) is 5.18. The number of carbonyl (C=O) groups is 2. The molecule has 0 spiro atoms. The third kappa shape index (κ3) is 3.72. The summed E-state index contributed by atoms with van der Waals surface area (Å²) in [6, 6.07) is 2.94. The zero-order valence-corrected chi connectivity index (χ0v) is 13.4. The molecule has 23 heavy (non-hydrogen) atoms. The van der Waals surface area contributed by atoms with E-state index in [2.05, 4.69) is 10.6 Å². The van der Waals surface area contributed by atoms with Crippen molar-refractivity contribution in [3.05, 3.63) is 23.3 Å². The van der Waals surface area contributed by atoms with Crippen molar-refractivity contribution in [2.45, 2.75) is 12.6 Å². The molecule has 0 aliphatic carbocycles. The Labute approximate surface area is 134 Å². The van der Waals surface area contributed by atoms with Gasteiger partial charge in [-0.15, -0.1) is 0 Å². The van der Waals surface area contributed by atoms with Crippen LogP contribution < -0.4 is 20.1 Å². The van der Waals surface area contributed by atoms with Crippen LogP contribution in [0, 0.1) is 0 Å². The average Bonchev–Trinajstić information content (AvgIpc) is 2.53. The molecule has 1 aliphatic heterocycles. The van der Waals surface area contributed by atoms with Crippen LogP contribution >= 0.6 is 0 Å². The van der Waals surface area contributed by atoms with Gasteiger partial charge in [0.05, 0.1) is 26.9 Å². The minimum absolute atomic E-state index is 0.00964. The van der Waals surface area contributed by atoms with Crippen LogP contribution in [0.25, 0.3) is 0 Å². The fraction of sp³-hybridized carbons (Fsp3) is 0.467. The summed E-state index contributed by atoms with van der Waals surface area (Å²) in [5.41, 5.74) is 1.45. The fourth-order valence-corrected chi connectivity index (χ4v) is 2.70. The standard InChI is InChI=1S/C15H21N3O5/c1-16-15(21)17-13(20)8-18-6-9-11(22-2)4-5-12(23-3)14(9)10(19)7-18/h4-5,10,19H,6-8H2,1-3H3,(H2,16,17,20,21)/t10-/m1/s1. The number of imide groups is 1. The molecule has 1 atom stereocenters. The molecule has 1 aromatic rings. The maximum absolute atomic E-state index is 11.8. The number of rotatable bonds is 4. The van der Waals surface area contributed by atoms with Crippen LogP contribution in [-0.2, 0) is 11.3 Å². The van der Waals surface area contributed by atoms with Crippen molar-refractivity contribution in [2.75, 3.05) is 34.4 Å². The smallest absolute Gasteiger partial charge is 0.321 e. The molecule has 0 saturated carbocycles. The number of hydrogen-bond acceptors (Lipinski definition) is 6. The number of aliphatic hydroxyl groups is 1. The molecule has 1 aliphatic rings. The minimum atomic E-state index is -0.809. The van der Waals surface area contributed by atoms with Crippen LogP contribution in [0.1, 0.15) is 17.2 Å². The molecule has 8 heteroatoms. The van der Waals surface area contributed by atoms with Gasteiger partial charge in [0.15, 0.2) is 0 Å². The van der Waals surface area contributed by atoms with Gasteiger partial charge in [-0.3, -0.25) is 15.0 Å². The van der Waals surface area contributed by atoms with E-state index < -0.39 is 18.0 Å². The molecule has 8 nitrogen and oxygen atoms in total. The Balaban J connectivity index is 2.19. The lowest BCUT2D eigenvalue weighted by Gasteiger charge is -2.33. The first-order chi connectivity index (χ1) is 11.0. The maximum atomic E-state index is 11.8. The number of amides is 3. The van der Waals surface area contributed by atoms with E-state index in [0.29, 0.717) is 23.6 Å². The van der Waals surface area contributed by atoms with Crippen LogP contribution in [0.4, 0.5) is 4.79 Å². The van der Waals surface area contributed by atoms with Gasteiger partial charge in [0.1, 0.15) is 11.5 Å². The molecule has 0 bridgehead atoms. The number of hydrogen-bond donors (Lipinski definition) is 3. The SMILES string of the molecule is CNC(=O)NC(=O)CN1Cc2c(OC)ccc(OC)c2[C@H](O)C1. The summed E-state index contributed by atoms with van der Waals surface area (Å²) in [4.78, 5) is 24.7. The van der Waals surface area contributed by atoms with Crippen LogP contribution in [-0.4, -0.2) is 56.3 Å². The fourth-order valence-electron chi connectivity index (χ4n) is 2.70. The van der Waals surface area contributed by atoms with E-state index in [-0.39, 0.29) is 13.1 Å². The molecule has 1 heterocycles. The predicted molar refractivity (Wildman–Crippen MR) is 82.4 cm³/mol. The second kappa shape index (κ2) is 7.30. The summed E-state index contributed by atoms with van der Waals surface area (Å²) in [6.07, 6.45) is -0.809. The first kappa shape index (κ1) is 17.0. The van der Waals surface area contributed by atoms with E-state index in [1.807, 2.05) is 0 Å². The lowest BCUT2D eigenvalue weighted by atomic mass is 9.95. The summed E-state index contributed by atoms with van der Waals surface area (Å²) in [7, 11) is 4.52. The highest BCUT2D eigenvalue weighted by Crippen LogP contribution is 2.39. The summed E-state index contributed by atoms with van der Waals surface area (Å²) in [5, 5.41) is 14.9. The van der Waals surface area contributed by atoms with E-state index in [4.69, 9.17) is 9.47 Å². The highest BCUT2D eigenvalue weighted by molar-refractivity contribution is 5.95. The van der Waals surface area contributed by atoms with Gasteiger partial charge in [-0.05, 0) is 12.1 Å². The molecule has 1 aromatic carbocycles. The average molecular weight is 323 g/mol. The molecule has 3 N–H and O–H groups in total. The van der Waals surface area contributed by atoms with Crippen LogP contribution in [0.5, 0.6) is 11.5 Å². The van der Waals surface area contributed by atoms with Crippen LogP contribution in [0.2, 0.25) is 0 Å². The van der Waals surface area contributed by atoms with Crippen molar-refractivity contribution < 1.29 is 24.2 Å². The number of fused-ring (bicyclic) bond motifs is 1. The highest BCUT2D eigenvalue weighted by Gasteiger charge is 2.30. The third-order valence-electron chi connectivity index (χ3n) is 3.71. The molecule has 0 aromatic heterocycles. The zero-order valence-electron chi connectivity index (χ0n) is 13.4. The zero-order chi connectivity index (χ0) is 17.0. The minimum Gasteiger partial charge on any atom is -0.496 e. The molecule has 3 amide bonds. The van der Waals surface area contributed by atoms with E-state index in [1.165, 1.54) is 14.2 Å². The quantitative estimate of drug-likeness (QED) is 0.722. The van der Waals surface area contributed by atoms with Crippen LogP contribution in [0.3, 0.4) is 0 Å². The Morgan fingerprint density at radius 2 is 1.96 bits per heavy atom. The van der Waals surface area contributed by atoms with Gasteiger partial charge in [-0.25, -0.2) is 4.79 Å². The highest BCUT2D eigenvalue weighted by atomic mass is 16.5. The van der Waals surface area contributed by atoms with E-state index in [1.54, 1.807) is 24.1 Å². The van der Waals surface area contributed by atoms with Gasteiger partial charge in [0.25, 0.3) is 0 Å². The topological polar surface area (TPSA) is 100 Å². The molecule has 126 valence electrons. The summed E-state index contributed by atoms with van der Waals surface area (Å²) < 4.78 is 10.6. The van der Waals surface area contributed by atoms with Crippen molar-refractivity contribution in [1.82, 2.24) is 15.5 Å². The van der Waals surface area contributed by atoms with Crippen molar-refractivity contribution in [2.24, 2.45) is 0 Å². The van der Waals surface area contributed by atoms with Crippen molar-refractivity contribution in [1.29, 1.82) is 0 Å². The monoisotopic (exact) mass is 323 g/mol. The van der Waals surface area contributed by atoms with Crippen molar-refractivity contribution in [3.63, 3.8) is 0 Å². The normalized spacial score (nSPS) is 17.1. The molecule has 0 radical (unpaired) electrons. The van der Waals surface area contributed by atoms with E-state index >= 15 is 0 Å². The number of nitrogens with one attached hydrogen (secondary N) is 2. The Morgan fingerprint density at radius 1 is 1.30 bits per heavy atom. The Morgan fingerprint density at radius 3 is 2.57 bits per heavy atom. The van der Waals surface area contributed by atoms with Crippen LogP contribution in [0.15, 0.2) is 12.1 Å². The molecule has 0 fully saturated rings. The molecular weight excluding hydrogens is 302 g/mol. The summed E-state index contributed by atoms with van der Waals surface area (Å²) in [5.74, 6) is 0.765. The number of ether oxygens (including phenoxy) is 2. The summed E-state index contributed by atoms with van der Waals surface area (Å²) >= 11 is 0. The number of urea groups is 1. The largest absolute Gasteiger partial charge is 0.496 e. The lowest BCUT2D eigenvalue weighted by molar-refractivity contribution is -0.121. The van der Waals surface area contributed by atoms with Gasteiger partial charge >= 0.3 is 6.03 Å².